The molecule has 1 aliphatic rings. The summed E-state index contributed by atoms with van der Waals surface area (Å²) >= 11 is 4.83. The van der Waals surface area contributed by atoms with Gasteiger partial charge in [0.25, 0.3) is 5.56 Å². The van der Waals surface area contributed by atoms with Crippen LogP contribution in [0.25, 0.3) is 10.2 Å². The number of thiophene rings is 2. The fourth-order valence-electron chi connectivity index (χ4n) is 4.23. The van der Waals surface area contributed by atoms with E-state index in [1.54, 1.807) is 22.7 Å². The van der Waals surface area contributed by atoms with Gasteiger partial charge in [0.2, 0.25) is 5.91 Å². The highest BCUT2D eigenvalue weighted by atomic mass is 32.2. The van der Waals surface area contributed by atoms with E-state index < -0.39 is 0 Å². The summed E-state index contributed by atoms with van der Waals surface area (Å²) in [7, 11) is 0. The van der Waals surface area contributed by atoms with Crippen molar-refractivity contribution in [2.45, 2.75) is 38.0 Å². The van der Waals surface area contributed by atoms with Gasteiger partial charge in [0.1, 0.15) is 10.7 Å². The first-order chi connectivity index (χ1) is 16.2. The maximum Gasteiger partial charge on any atom is 0.259 e. The van der Waals surface area contributed by atoms with Gasteiger partial charge < -0.3 is 9.88 Å². The molecule has 170 valence electrons. The number of aromatic amines is 1. The summed E-state index contributed by atoms with van der Waals surface area (Å²) < 4.78 is 0. The van der Waals surface area contributed by atoms with E-state index in [9.17, 15) is 9.59 Å². The number of rotatable bonds is 9. The molecule has 3 aromatic heterocycles. The number of nitrogens with zero attached hydrogens (tertiary/aromatic N) is 2. The average Bonchev–Trinajstić information content (AvgIpc) is 3.55. The minimum Gasteiger partial charge on any atom is -0.337 e. The van der Waals surface area contributed by atoms with Gasteiger partial charge in [-0.25, -0.2) is 4.98 Å². The van der Waals surface area contributed by atoms with Crippen LogP contribution in [0, 0.1) is 0 Å². The van der Waals surface area contributed by atoms with Crippen molar-refractivity contribution in [3.8, 4) is 0 Å². The van der Waals surface area contributed by atoms with Crippen LogP contribution in [0.4, 0.5) is 0 Å². The number of hydrogen-bond donors (Lipinski definition) is 1. The number of fused-ring (bicyclic) bond motifs is 3. The molecule has 1 aromatic carbocycles. The average molecular weight is 496 g/mol. The van der Waals surface area contributed by atoms with E-state index in [1.807, 2.05) is 34.5 Å². The summed E-state index contributed by atoms with van der Waals surface area (Å²) in [5, 5.41) is 2.82. The van der Waals surface area contributed by atoms with Crippen LogP contribution in [0.1, 0.15) is 33.1 Å². The van der Waals surface area contributed by atoms with Crippen LogP contribution in [0.5, 0.6) is 0 Å². The molecule has 0 saturated heterocycles. The molecule has 3 heterocycles. The van der Waals surface area contributed by atoms with E-state index in [1.165, 1.54) is 32.6 Å². The third kappa shape index (κ3) is 5.23. The molecule has 0 spiro atoms. The highest BCUT2D eigenvalue weighted by Crippen LogP contribution is 2.34. The van der Waals surface area contributed by atoms with Crippen molar-refractivity contribution in [1.29, 1.82) is 0 Å². The molecule has 0 atom stereocenters. The molecule has 0 fully saturated rings. The first-order valence-corrected chi connectivity index (χ1v) is 14.0. The molecule has 5 rings (SSSR count). The molecule has 0 aliphatic heterocycles. The zero-order valence-corrected chi connectivity index (χ0v) is 20.7. The third-order valence-electron chi connectivity index (χ3n) is 5.88. The topological polar surface area (TPSA) is 66.1 Å². The Morgan fingerprint density at radius 3 is 2.85 bits per heavy atom. The van der Waals surface area contributed by atoms with Crippen molar-refractivity contribution >= 4 is 50.6 Å². The van der Waals surface area contributed by atoms with E-state index in [2.05, 4.69) is 23.2 Å². The Morgan fingerprint density at radius 1 is 1.15 bits per heavy atom. The Hall–Kier alpha value is -2.42. The van der Waals surface area contributed by atoms with Crippen LogP contribution in [-0.4, -0.2) is 33.1 Å². The van der Waals surface area contributed by atoms with Gasteiger partial charge in [-0.1, -0.05) is 36.4 Å². The van der Waals surface area contributed by atoms with Gasteiger partial charge in [0.05, 0.1) is 23.4 Å². The van der Waals surface area contributed by atoms with Gasteiger partial charge in [0.15, 0.2) is 0 Å². The molecule has 8 heteroatoms. The smallest absolute Gasteiger partial charge is 0.259 e. The van der Waals surface area contributed by atoms with Crippen LogP contribution >= 0.6 is 34.4 Å². The summed E-state index contributed by atoms with van der Waals surface area (Å²) in [4.78, 5) is 38.6. The van der Waals surface area contributed by atoms with Crippen molar-refractivity contribution in [3.63, 3.8) is 0 Å². The second kappa shape index (κ2) is 10.2. The Balaban J connectivity index is 1.22. The molecular formula is C25H25N3O2S3. The predicted octanol–water partition coefficient (Wildman–Crippen LogP) is 5.04. The summed E-state index contributed by atoms with van der Waals surface area (Å²) in [6, 6.07) is 14.4. The number of thioether (sulfide) groups is 1. The number of amides is 1. The molecular weight excluding hydrogens is 470 g/mol. The van der Waals surface area contributed by atoms with Crippen molar-refractivity contribution in [2.24, 2.45) is 0 Å². The SMILES string of the molecule is O=C(CSCc1nc2sc3c(c2c(=O)[nH]1)CCC3)N(CCc1ccccc1)Cc1cccs1. The lowest BCUT2D eigenvalue weighted by Gasteiger charge is -2.22. The summed E-state index contributed by atoms with van der Waals surface area (Å²) in [6.45, 7) is 1.31. The Bertz CT molecular complexity index is 1300. The number of nitrogens with one attached hydrogen (secondary N) is 1. The molecule has 0 bridgehead atoms. The second-order valence-corrected chi connectivity index (χ2v) is 11.3. The normalized spacial score (nSPS) is 12.8. The van der Waals surface area contributed by atoms with Gasteiger partial charge in [-0.3, -0.25) is 9.59 Å². The van der Waals surface area contributed by atoms with E-state index >= 15 is 0 Å². The van der Waals surface area contributed by atoms with Crippen LogP contribution in [0.3, 0.4) is 0 Å². The highest BCUT2D eigenvalue weighted by Gasteiger charge is 2.21. The van der Waals surface area contributed by atoms with Gasteiger partial charge >= 0.3 is 0 Å². The number of aromatic nitrogens is 2. The quantitative estimate of drug-likeness (QED) is 0.353. The minimum absolute atomic E-state index is 0.0384. The predicted molar refractivity (Wildman–Crippen MR) is 138 cm³/mol. The molecule has 0 radical (unpaired) electrons. The second-order valence-electron chi connectivity index (χ2n) is 8.17. The standard InChI is InChI=1S/C25H25N3O2S3/c29-22(28(14-18-8-5-13-32-18)12-11-17-6-2-1-3-7-17)16-31-15-21-26-24(30)23-19-9-4-10-20(19)33-25(23)27-21/h1-3,5-8,13H,4,9-12,14-16H2,(H,26,27,30). The van der Waals surface area contributed by atoms with Gasteiger partial charge in [-0.15, -0.1) is 34.4 Å². The molecule has 1 N–H and O–H groups in total. The largest absolute Gasteiger partial charge is 0.337 e. The molecule has 33 heavy (non-hydrogen) atoms. The summed E-state index contributed by atoms with van der Waals surface area (Å²) in [6.07, 6.45) is 3.99. The molecule has 5 nitrogen and oxygen atoms in total. The molecule has 4 aromatic rings. The fourth-order valence-corrected chi connectivity index (χ4v) is 7.02. The van der Waals surface area contributed by atoms with Crippen molar-refractivity contribution in [3.05, 3.63) is 84.9 Å². The maximum absolute atomic E-state index is 13.1. The first kappa shape index (κ1) is 22.4. The van der Waals surface area contributed by atoms with Gasteiger partial charge in [-0.2, -0.15) is 0 Å². The van der Waals surface area contributed by atoms with Crippen LogP contribution in [0.15, 0.2) is 52.6 Å². The van der Waals surface area contributed by atoms with Crippen molar-refractivity contribution in [2.75, 3.05) is 12.3 Å². The first-order valence-electron chi connectivity index (χ1n) is 11.1. The van der Waals surface area contributed by atoms with E-state index in [4.69, 9.17) is 4.98 Å². The molecule has 0 saturated carbocycles. The van der Waals surface area contributed by atoms with Crippen LogP contribution < -0.4 is 5.56 Å². The van der Waals surface area contributed by atoms with E-state index in [-0.39, 0.29) is 11.5 Å². The Morgan fingerprint density at radius 2 is 2.03 bits per heavy atom. The van der Waals surface area contributed by atoms with E-state index in [0.29, 0.717) is 30.4 Å². The molecule has 1 amide bonds. The lowest BCUT2D eigenvalue weighted by atomic mass is 10.1. The summed E-state index contributed by atoms with van der Waals surface area (Å²) in [5.41, 5.74) is 2.39. The molecule has 0 unspecified atom stereocenters. The van der Waals surface area contributed by atoms with E-state index in [0.717, 1.165) is 35.9 Å². The van der Waals surface area contributed by atoms with Gasteiger partial charge in [0, 0.05) is 16.3 Å². The summed E-state index contributed by atoms with van der Waals surface area (Å²) in [5.74, 6) is 1.65. The Labute approximate surface area is 204 Å². The zero-order chi connectivity index (χ0) is 22.6. The lowest BCUT2D eigenvalue weighted by Crippen LogP contribution is -2.33. The Kier molecular flexibility index (Phi) is 6.94. The number of benzene rings is 1. The monoisotopic (exact) mass is 495 g/mol. The number of carbonyl (C=O) groups is 1. The number of hydrogen-bond acceptors (Lipinski definition) is 6. The number of aryl methyl sites for hydroxylation is 2. The van der Waals surface area contributed by atoms with Crippen molar-refractivity contribution in [1.82, 2.24) is 14.9 Å². The zero-order valence-electron chi connectivity index (χ0n) is 18.2. The lowest BCUT2D eigenvalue weighted by molar-refractivity contribution is -0.128. The molecule has 1 aliphatic carbocycles. The fraction of sp³-hybridized carbons (Fsp3) is 0.320. The number of H-pyrrole nitrogens is 1. The number of carbonyl (C=O) groups excluding carboxylic acids is 1. The maximum atomic E-state index is 13.1. The van der Waals surface area contributed by atoms with Crippen LogP contribution in [0.2, 0.25) is 0 Å². The highest BCUT2D eigenvalue weighted by molar-refractivity contribution is 7.99. The van der Waals surface area contributed by atoms with Crippen molar-refractivity contribution < 1.29 is 4.79 Å². The third-order valence-corrected chi connectivity index (χ3v) is 8.86. The van der Waals surface area contributed by atoms with Crippen LogP contribution in [-0.2, 0) is 36.4 Å². The minimum atomic E-state index is -0.0384. The van der Waals surface area contributed by atoms with Gasteiger partial charge in [-0.05, 0) is 48.3 Å².